The lowest BCUT2D eigenvalue weighted by Gasteiger charge is -2.02. The Morgan fingerprint density at radius 3 is 2.76 bits per heavy atom. The third kappa shape index (κ3) is 2.74. The van der Waals surface area contributed by atoms with Gasteiger partial charge in [-0.2, -0.15) is 0 Å². The van der Waals surface area contributed by atoms with Crippen molar-refractivity contribution in [1.82, 2.24) is 20.0 Å². The van der Waals surface area contributed by atoms with Gasteiger partial charge in [0.05, 0.1) is 17.4 Å². The summed E-state index contributed by atoms with van der Waals surface area (Å²) in [4.78, 5) is 26.7. The van der Waals surface area contributed by atoms with Crippen molar-refractivity contribution in [1.29, 1.82) is 0 Å². The number of carbonyl (C=O) groups excluding carboxylic acids is 1. The number of para-hydroxylation sites is 1. The fourth-order valence-corrected chi connectivity index (χ4v) is 2.72. The van der Waals surface area contributed by atoms with Gasteiger partial charge in [0.15, 0.2) is 5.78 Å². The van der Waals surface area contributed by atoms with Gasteiger partial charge in [0.2, 0.25) is 0 Å². The molecule has 2 heterocycles. The van der Waals surface area contributed by atoms with Crippen LogP contribution in [0.15, 0.2) is 65.6 Å². The maximum atomic E-state index is 12.3. The Balaban J connectivity index is 1.79. The van der Waals surface area contributed by atoms with Gasteiger partial charge in [-0.1, -0.05) is 35.5 Å². The van der Waals surface area contributed by atoms with E-state index in [-0.39, 0.29) is 11.3 Å². The molecule has 25 heavy (non-hydrogen) atoms. The molecule has 6 heteroatoms. The average Bonchev–Trinajstić information content (AvgIpc) is 3.11. The van der Waals surface area contributed by atoms with Crippen LogP contribution in [0.1, 0.15) is 17.3 Å². The average molecular weight is 330 g/mol. The largest absolute Gasteiger partial charge is 0.321 e. The van der Waals surface area contributed by atoms with Crippen LogP contribution in [-0.4, -0.2) is 25.8 Å². The van der Waals surface area contributed by atoms with Gasteiger partial charge in [-0.05, 0) is 36.6 Å². The van der Waals surface area contributed by atoms with Crippen molar-refractivity contribution >= 4 is 16.7 Å². The van der Waals surface area contributed by atoms with Crippen LogP contribution >= 0.6 is 0 Å². The van der Waals surface area contributed by atoms with E-state index in [1.165, 1.54) is 6.92 Å². The molecule has 6 nitrogen and oxygen atoms in total. The maximum absolute atomic E-state index is 12.3. The quantitative estimate of drug-likeness (QED) is 0.586. The molecular formula is C19H14N4O2. The summed E-state index contributed by atoms with van der Waals surface area (Å²) in [7, 11) is 0. The number of nitrogens with zero attached hydrogens (tertiary/aromatic N) is 3. The number of aromatic nitrogens is 4. The van der Waals surface area contributed by atoms with E-state index in [0.29, 0.717) is 22.5 Å². The summed E-state index contributed by atoms with van der Waals surface area (Å²) < 4.78 is 1.55. The number of carbonyl (C=O) groups is 1. The van der Waals surface area contributed by atoms with Gasteiger partial charge in [-0.15, -0.1) is 5.10 Å². The molecule has 0 aliphatic carbocycles. The van der Waals surface area contributed by atoms with E-state index in [0.717, 1.165) is 10.9 Å². The van der Waals surface area contributed by atoms with Crippen LogP contribution in [0.2, 0.25) is 0 Å². The van der Waals surface area contributed by atoms with E-state index < -0.39 is 0 Å². The van der Waals surface area contributed by atoms with E-state index in [9.17, 15) is 9.59 Å². The van der Waals surface area contributed by atoms with Crippen LogP contribution in [-0.2, 0) is 0 Å². The monoisotopic (exact) mass is 330 g/mol. The summed E-state index contributed by atoms with van der Waals surface area (Å²) in [6.45, 7) is 1.51. The van der Waals surface area contributed by atoms with Gasteiger partial charge in [-0.3, -0.25) is 9.59 Å². The van der Waals surface area contributed by atoms with E-state index in [2.05, 4.69) is 15.3 Å². The molecule has 4 aromatic rings. The van der Waals surface area contributed by atoms with Crippen molar-refractivity contribution < 1.29 is 4.79 Å². The predicted molar refractivity (Wildman–Crippen MR) is 94.9 cm³/mol. The number of pyridine rings is 1. The minimum atomic E-state index is -0.219. The molecule has 2 aromatic heterocycles. The van der Waals surface area contributed by atoms with Crippen molar-refractivity contribution in [2.24, 2.45) is 0 Å². The van der Waals surface area contributed by atoms with E-state index in [1.807, 2.05) is 30.3 Å². The van der Waals surface area contributed by atoms with Crippen molar-refractivity contribution in [3.8, 4) is 16.9 Å². The molecule has 0 fully saturated rings. The van der Waals surface area contributed by atoms with Crippen LogP contribution in [0.5, 0.6) is 0 Å². The van der Waals surface area contributed by atoms with Crippen molar-refractivity contribution in [2.75, 3.05) is 0 Å². The van der Waals surface area contributed by atoms with Gasteiger partial charge in [0.25, 0.3) is 5.56 Å². The third-order valence-corrected chi connectivity index (χ3v) is 4.04. The Kier molecular flexibility index (Phi) is 3.50. The summed E-state index contributed by atoms with van der Waals surface area (Å²) in [6.07, 6.45) is 1.68. The Morgan fingerprint density at radius 2 is 1.92 bits per heavy atom. The first-order valence-electron chi connectivity index (χ1n) is 7.78. The molecule has 0 saturated heterocycles. The zero-order valence-electron chi connectivity index (χ0n) is 13.4. The molecule has 0 bridgehead atoms. The summed E-state index contributed by atoms with van der Waals surface area (Å²) in [6, 6.07) is 16.5. The number of rotatable bonds is 3. The standard InChI is InChI=1S/C19H14N4O2/c1-12(24)13-6-4-7-15(9-13)23-11-18(21-22-23)16-10-14-5-2-3-8-17(14)20-19(16)25/h2-11H,1H3,(H,20,25). The lowest BCUT2D eigenvalue weighted by molar-refractivity contribution is 0.101. The number of benzene rings is 2. The molecule has 122 valence electrons. The SMILES string of the molecule is CC(=O)c1cccc(-n2cc(-c3cc4ccccc4[nH]c3=O)nn2)c1. The molecule has 0 unspecified atom stereocenters. The molecule has 0 aliphatic heterocycles. The van der Waals surface area contributed by atoms with Crippen molar-refractivity contribution in [3.63, 3.8) is 0 Å². The molecule has 0 spiro atoms. The number of Topliss-reactive ketones (excluding diaryl/α,β-unsaturated/α-hetero) is 1. The number of fused-ring (bicyclic) bond motifs is 1. The fraction of sp³-hybridized carbons (Fsp3) is 0.0526. The lowest BCUT2D eigenvalue weighted by Crippen LogP contribution is -2.08. The van der Waals surface area contributed by atoms with Gasteiger partial charge in [0, 0.05) is 11.1 Å². The van der Waals surface area contributed by atoms with Gasteiger partial charge in [-0.25, -0.2) is 4.68 Å². The van der Waals surface area contributed by atoms with E-state index in [4.69, 9.17) is 0 Å². The zero-order chi connectivity index (χ0) is 17.4. The molecular weight excluding hydrogens is 316 g/mol. The van der Waals surface area contributed by atoms with Gasteiger partial charge in [0.1, 0.15) is 5.69 Å². The second kappa shape index (κ2) is 5.83. The predicted octanol–water partition coefficient (Wildman–Crippen LogP) is 2.98. The number of nitrogens with one attached hydrogen (secondary N) is 1. The van der Waals surface area contributed by atoms with Crippen molar-refractivity contribution in [2.45, 2.75) is 6.92 Å². The smallest absolute Gasteiger partial charge is 0.258 e. The molecule has 0 atom stereocenters. The Morgan fingerprint density at radius 1 is 1.08 bits per heavy atom. The molecule has 0 radical (unpaired) electrons. The summed E-state index contributed by atoms with van der Waals surface area (Å²) >= 11 is 0. The Labute approximate surface area is 142 Å². The Bertz CT molecular complexity index is 1160. The third-order valence-electron chi connectivity index (χ3n) is 4.04. The lowest BCUT2D eigenvalue weighted by atomic mass is 10.1. The second-order valence-corrected chi connectivity index (χ2v) is 5.75. The van der Waals surface area contributed by atoms with Gasteiger partial charge >= 0.3 is 0 Å². The first-order valence-corrected chi connectivity index (χ1v) is 7.78. The van der Waals surface area contributed by atoms with Crippen LogP contribution in [0.4, 0.5) is 0 Å². The topological polar surface area (TPSA) is 80.6 Å². The molecule has 4 rings (SSSR count). The summed E-state index contributed by atoms with van der Waals surface area (Å²) in [5, 5.41) is 9.12. The van der Waals surface area contributed by atoms with Crippen LogP contribution in [0.25, 0.3) is 27.8 Å². The van der Waals surface area contributed by atoms with Crippen LogP contribution in [0.3, 0.4) is 0 Å². The molecule has 2 aromatic carbocycles. The van der Waals surface area contributed by atoms with Crippen LogP contribution < -0.4 is 5.56 Å². The zero-order valence-corrected chi connectivity index (χ0v) is 13.4. The highest BCUT2D eigenvalue weighted by Gasteiger charge is 2.11. The molecule has 0 amide bonds. The van der Waals surface area contributed by atoms with Crippen molar-refractivity contribution in [3.05, 3.63) is 76.7 Å². The number of H-pyrrole nitrogens is 1. The minimum absolute atomic E-state index is 0.0202. The molecule has 0 saturated carbocycles. The normalized spacial score (nSPS) is 10.9. The highest BCUT2D eigenvalue weighted by atomic mass is 16.1. The summed E-state index contributed by atoms with van der Waals surface area (Å²) in [5.41, 5.74) is 2.79. The minimum Gasteiger partial charge on any atom is -0.321 e. The number of hydrogen-bond acceptors (Lipinski definition) is 4. The molecule has 1 N–H and O–H groups in total. The number of ketones is 1. The first kappa shape index (κ1) is 15.0. The second-order valence-electron chi connectivity index (χ2n) is 5.75. The van der Waals surface area contributed by atoms with E-state index >= 15 is 0 Å². The van der Waals surface area contributed by atoms with Crippen LogP contribution in [0, 0.1) is 0 Å². The number of hydrogen-bond donors (Lipinski definition) is 1. The molecule has 0 aliphatic rings. The number of aromatic amines is 1. The highest BCUT2D eigenvalue weighted by molar-refractivity contribution is 5.94. The maximum Gasteiger partial charge on any atom is 0.258 e. The van der Waals surface area contributed by atoms with E-state index in [1.54, 1.807) is 35.1 Å². The highest BCUT2D eigenvalue weighted by Crippen LogP contribution is 2.19. The summed E-state index contributed by atoms with van der Waals surface area (Å²) in [5.74, 6) is -0.0202. The fourth-order valence-electron chi connectivity index (χ4n) is 2.72. The first-order chi connectivity index (χ1) is 12.1. The van der Waals surface area contributed by atoms with Gasteiger partial charge < -0.3 is 4.98 Å². The Hall–Kier alpha value is -3.54.